The number of hydrogen-bond donors (Lipinski definition) is 0. The third-order valence-corrected chi connectivity index (χ3v) is 9.04. The largest absolute Gasteiger partial charge is 2.00 e. The maximum Gasteiger partial charge on any atom is 2.00 e. The van der Waals surface area contributed by atoms with Gasteiger partial charge in [0.25, 0.3) is 0 Å². The van der Waals surface area contributed by atoms with E-state index in [9.17, 15) is 0 Å². The molecular weight excluding hydrogens is 607 g/mol. The summed E-state index contributed by atoms with van der Waals surface area (Å²) in [4.78, 5) is 0. The Bertz CT molecular complexity index is 1480. The average Bonchev–Trinajstić information content (AvgIpc) is 3.10. The predicted octanol–water partition coefficient (Wildman–Crippen LogP) is 4.49. The van der Waals surface area contributed by atoms with Gasteiger partial charge in [-0.25, -0.2) is 0 Å². The predicted molar refractivity (Wildman–Crippen MR) is 163 cm³/mol. The molecule has 0 fully saturated rings. The van der Waals surface area contributed by atoms with Crippen LogP contribution in [-0.2, 0) is 38.0 Å². The third kappa shape index (κ3) is 5.65. The minimum Gasteiger partial charge on any atom is -1.00 e. The van der Waals surface area contributed by atoms with E-state index in [1.807, 2.05) is 0 Å². The fourth-order valence-electron chi connectivity index (χ4n) is 7.20. The summed E-state index contributed by atoms with van der Waals surface area (Å²) < 4.78 is 0. The minimum atomic E-state index is -0.0430. The van der Waals surface area contributed by atoms with Crippen molar-refractivity contribution in [1.29, 1.82) is 0 Å². The molecule has 0 heterocycles. The quantitative estimate of drug-likeness (QED) is 0.384. The van der Waals surface area contributed by atoms with Gasteiger partial charge >= 0.3 is 26.2 Å². The van der Waals surface area contributed by atoms with Crippen LogP contribution in [0, 0.1) is 23.2 Å². The van der Waals surface area contributed by atoms with Crippen LogP contribution >= 0.6 is 0 Å². The number of allylic oxidation sites excluding steroid dienone is 6. The molecule has 0 unspecified atom stereocenters. The van der Waals surface area contributed by atoms with Crippen molar-refractivity contribution in [2.75, 3.05) is 0 Å². The molecule has 210 valence electrons. The smallest absolute Gasteiger partial charge is 1.00 e. The number of benzene rings is 3. The molecule has 0 saturated carbocycles. The maximum absolute atomic E-state index is 2.65. The molecule has 0 spiro atoms. The van der Waals surface area contributed by atoms with Gasteiger partial charge in [-0.1, -0.05) is 135 Å². The molecule has 0 N–H and O–H groups in total. The summed E-state index contributed by atoms with van der Waals surface area (Å²) in [6, 6.07) is 20.5. The molecule has 5 rings (SSSR count). The average molecular weight is 651 g/mol. The van der Waals surface area contributed by atoms with Gasteiger partial charge in [0.15, 0.2) is 0 Å². The Morgan fingerprint density at radius 3 is 1.90 bits per heavy atom. The maximum atomic E-state index is 2.65. The fourth-order valence-corrected chi connectivity index (χ4v) is 7.20. The Labute approximate surface area is 274 Å². The minimum absolute atomic E-state index is 0. The Hall–Kier alpha value is -1.40. The van der Waals surface area contributed by atoms with E-state index in [2.05, 4.69) is 142 Å². The van der Waals surface area contributed by atoms with E-state index in [1.165, 1.54) is 55.3 Å². The molecule has 0 saturated heterocycles. The van der Waals surface area contributed by atoms with E-state index in [-0.39, 0.29) is 72.7 Å². The van der Waals surface area contributed by atoms with Crippen LogP contribution in [0.5, 0.6) is 0 Å². The first kappa shape index (κ1) is 34.8. The van der Waals surface area contributed by atoms with Crippen LogP contribution in [0.2, 0.25) is 0 Å². The van der Waals surface area contributed by atoms with E-state index in [4.69, 9.17) is 0 Å². The van der Waals surface area contributed by atoms with Crippen molar-refractivity contribution in [3.8, 4) is 0 Å². The zero-order valence-electron chi connectivity index (χ0n) is 25.9. The van der Waals surface area contributed by atoms with Gasteiger partial charge in [-0.05, 0) is 84.9 Å². The molecule has 40 heavy (non-hydrogen) atoms. The molecule has 0 amide bonds. The third-order valence-electron chi connectivity index (χ3n) is 9.04. The Morgan fingerprint density at radius 2 is 1.32 bits per heavy atom. The molecule has 0 nitrogen and oxygen atoms in total. The van der Waals surface area contributed by atoms with Crippen molar-refractivity contribution < 1.29 is 51.0 Å². The monoisotopic (exact) mass is 648 g/mol. The molecule has 3 aromatic carbocycles. The van der Waals surface area contributed by atoms with Gasteiger partial charge in [-0.3, -0.25) is 0 Å². The van der Waals surface area contributed by atoms with Crippen LogP contribution in [0.15, 0.2) is 78.4 Å². The molecule has 0 aliphatic heterocycles. The molecule has 2 aliphatic carbocycles. The first-order valence-corrected chi connectivity index (χ1v) is 13.9. The van der Waals surface area contributed by atoms with Crippen LogP contribution < -0.4 is 24.8 Å². The summed E-state index contributed by atoms with van der Waals surface area (Å²) in [6.07, 6.45) is 8.59. The molecule has 3 heteroatoms. The summed E-state index contributed by atoms with van der Waals surface area (Å²) in [5.41, 5.74) is 11.7. The van der Waals surface area contributed by atoms with E-state index in [0.29, 0.717) is 0 Å². The zero-order chi connectivity index (χ0) is 27.0. The summed E-state index contributed by atoms with van der Waals surface area (Å²) in [7, 11) is 0. The van der Waals surface area contributed by atoms with Crippen molar-refractivity contribution >= 4 is 21.9 Å². The summed E-state index contributed by atoms with van der Waals surface area (Å²) in [5.74, 6) is 0. The fraction of sp³-hybridized carbons (Fsp3) is 0.405. The van der Waals surface area contributed by atoms with Crippen LogP contribution in [-0.4, -0.2) is 0 Å². The van der Waals surface area contributed by atoms with Gasteiger partial charge in [0.1, 0.15) is 0 Å². The number of halogens is 2. The van der Waals surface area contributed by atoms with Crippen LogP contribution in [0.25, 0.3) is 21.9 Å². The van der Waals surface area contributed by atoms with E-state index in [0.717, 1.165) is 6.42 Å². The van der Waals surface area contributed by atoms with Crippen LogP contribution in [0.4, 0.5) is 0 Å². The van der Waals surface area contributed by atoms with E-state index >= 15 is 0 Å². The van der Waals surface area contributed by atoms with Crippen molar-refractivity contribution in [3.63, 3.8) is 0 Å². The normalized spacial score (nSPS) is 15.9. The Balaban J connectivity index is 0.00000187. The SMILES string of the molecule is Cc1c(C(C)(C)C)ccc2c1C1=CC(C(C)(C)C)(C(C)(C)C)C=CC1=C2Cc1ccc2ccccc2c1.[Cl-].[Cl-].[Zr+2]. The second kappa shape index (κ2) is 11.7. The van der Waals surface area contributed by atoms with Gasteiger partial charge in [0.2, 0.25) is 0 Å². The molecular formula is C37H44Cl2Zr. The van der Waals surface area contributed by atoms with E-state index < -0.39 is 0 Å². The van der Waals surface area contributed by atoms with Gasteiger partial charge in [-0.15, -0.1) is 0 Å². The number of fused-ring (bicyclic) bond motifs is 4. The first-order chi connectivity index (χ1) is 17.1. The number of rotatable bonds is 2. The second-order valence-corrected chi connectivity index (χ2v) is 14.4. The van der Waals surface area contributed by atoms with E-state index in [1.54, 1.807) is 0 Å². The Morgan fingerprint density at radius 1 is 0.725 bits per heavy atom. The number of hydrogen-bond acceptors (Lipinski definition) is 0. The van der Waals surface area contributed by atoms with Gasteiger partial charge in [-0.2, -0.15) is 0 Å². The summed E-state index contributed by atoms with van der Waals surface area (Å²) >= 11 is 0. The Kier molecular flexibility index (Phi) is 10.2. The molecule has 0 radical (unpaired) electrons. The molecule has 2 aliphatic rings. The van der Waals surface area contributed by atoms with Gasteiger partial charge in [0, 0.05) is 5.41 Å². The standard InChI is InChI=1S/C37H44.2ClH.Zr/c1-24-32(34(2,3)4)18-17-29-30(22-25-15-16-26-13-11-12-14-27(26)21-25)28-19-20-37(35(5,6)7,36(8,9)10)23-31(28)33(24)29;;;/h11-21,23H,22H2,1-10H3;2*1H;/q;;;+2/p-2. The van der Waals surface area contributed by atoms with Crippen molar-refractivity contribution in [3.05, 3.63) is 106 Å². The zero-order valence-corrected chi connectivity index (χ0v) is 29.9. The van der Waals surface area contributed by atoms with Crippen molar-refractivity contribution in [2.24, 2.45) is 16.2 Å². The topological polar surface area (TPSA) is 0 Å². The summed E-state index contributed by atoms with van der Waals surface area (Å²) in [5, 5.41) is 2.62. The molecule has 0 atom stereocenters. The second-order valence-electron chi connectivity index (χ2n) is 14.4. The van der Waals surface area contributed by atoms with Gasteiger partial charge in [0.05, 0.1) is 0 Å². The summed E-state index contributed by atoms with van der Waals surface area (Å²) in [6.45, 7) is 23.8. The van der Waals surface area contributed by atoms with Gasteiger partial charge < -0.3 is 24.8 Å². The first-order valence-electron chi connectivity index (χ1n) is 13.9. The van der Waals surface area contributed by atoms with Crippen molar-refractivity contribution in [1.82, 2.24) is 0 Å². The molecule has 0 aromatic heterocycles. The molecule has 3 aromatic rings. The van der Waals surface area contributed by atoms with Crippen LogP contribution in [0.3, 0.4) is 0 Å². The van der Waals surface area contributed by atoms with Crippen molar-refractivity contribution in [2.45, 2.75) is 81.1 Å². The van der Waals surface area contributed by atoms with Crippen LogP contribution in [0.1, 0.15) is 90.1 Å². The molecule has 0 bridgehead atoms.